The van der Waals surface area contributed by atoms with E-state index >= 15 is 0 Å². The fourth-order valence-electron chi connectivity index (χ4n) is 3.79. The first kappa shape index (κ1) is 20.5. The molecule has 3 unspecified atom stereocenters. The number of anilines is 1. The van der Waals surface area contributed by atoms with Crippen molar-refractivity contribution in [3.8, 4) is 0 Å². The Balaban J connectivity index is 1.37. The van der Waals surface area contributed by atoms with Gasteiger partial charge < -0.3 is 25.7 Å². The lowest BCUT2D eigenvalue weighted by molar-refractivity contribution is -0.0477. The van der Waals surface area contributed by atoms with E-state index in [2.05, 4.69) is 20.9 Å². The molecule has 4 rings (SSSR count). The average molecular weight is 432 g/mol. The van der Waals surface area contributed by atoms with Gasteiger partial charge in [0.2, 0.25) is 0 Å². The normalized spacial score (nSPS) is 23.2. The minimum Gasteiger partial charge on any atom is -0.379 e. The van der Waals surface area contributed by atoms with E-state index in [1.165, 1.54) is 6.20 Å². The molecule has 1 fully saturated rings. The number of aliphatic hydroxyl groups excluding tert-OH is 2. The zero-order valence-corrected chi connectivity index (χ0v) is 16.8. The summed E-state index contributed by atoms with van der Waals surface area (Å²) in [6.07, 6.45) is 0.715. The zero-order valence-electron chi connectivity index (χ0n) is 16.0. The fourth-order valence-corrected chi connectivity index (χ4v) is 3.90. The Morgan fingerprint density at radius 2 is 2.10 bits per heavy atom. The molecule has 2 aliphatic heterocycles. The van der Waals surface area contributed by atoms with Gasteiger partial charge in [0.05, 0.1) is 17.9 Å². The summed E-state index contributed by atoms with van der Waals surface area (Å²) in [5.41, 5.74) is 2.82. The lowest BCUT2D eigenvalue weighted by atomic mass is 10.0. The molecule has 2 aromatic rings. The number of amides is 3. The first-order chi connectivity index (χ1) is 14.4. The van der Waals surface area contributed by atoms with Gasteiger partial charge in [0.15, 0.2) is 0 Å². The van der Waals surface area contributed by atoms with E-state index in [9.17, 15) is 19.8 Å². The van der Waals surface area contributed by atoms with Crippen molar-refractivity contribution in [2.75, 3.05) is 5.32 Å². The fraction of sp³-hybridized carbons (Fsp3) is 0.350. The number of benzene rings is 1. The molecule has 3 atom stereocenters. The van der Waals surface area contributed by atoms with E-state index in [0.717, 1.165) is 11.1 Å². The van der Waals surface area contributed by atoms with Crippen molar-refractivity contribution in [2.45, 2.75) is 44.4 Å². The van der Waals surface area contributed by atoms with Gasteiger partial charge in [-0.1, -0.05) is 23.7 Å². The lowest BCUT2D eigenvalue weighted by Crippen LogP contribution is -2.56. The highest BCUT2D eigenvalue weighted by molar-refractivity contribution is 6.29. The number of pyridine rings is 1. The predicted octanol–water partition coefficient (Wildman–Crippen LogP) is 1.40. The van der Waals surface area contributed by atoms with Crippen molar-refractivity contribution in [3.63, 3.8) is 0 Å². The van der Waals surface area contributed by atoms with E-state index in [-0.39, 0.29) is 18.5 Å². The van der Waals surface area contributed by atoms with Gasteiger partial charge in [0.1, 0.15) is 17.6 Å². The summed E-state index contributed by atoms with van der Waals surface area (Å²) in [5.74, 6) is -0.139. The third-order valence-electron chi connectivity index (χ3n) is 5.30. The Labute approximate surface area is 178 Å². The molecule has 30 heavy (non-hydrogen) atoms. The Morgan fingerprint density at radius 3 is 2.83 bits per heavy atom. The van der Waals surface area contributed by atoms with Crippen LogP contribution in [-0.4, -0.2) is 50.5 Å². The maximum atomic E-state index is 12.8. The quantitative estimate of drug-likeness (QED) is 0.466. The van der Waals surface area contributed by atoms with Crippen molar-refractivity contribution >= 4 is 29.2 Å². The summed E-state index contributed by atoms with van der Waals surface area (Å²) in [6, 6.07) is 7.88. The topological polar surface area (TPSA) is 127 Å². The largest absolute Gasteiger partial charge is 0.379 e. The summed E-state index contributed by atoms with van der Waals surface area (Å²) < 4.78 is 0. The molecule has 1 aromatic heterocycles. The number of fused-ring (bicyclic) bond motifs is 1. The molecule has 3 amide bonds. The van der Waals surface area contributed by atoms with E-state index < -0.39 is 18.5 Å². The van der Waals surface area contributed by atoms with Gasteiger partial charge in [0.25, 0.3) is 5.91 Å². The number of nitrogens with zero attached hydrogens (tertiary/aromatic N) is 2. The number of carbonyl (C=O) groups excluding carboxylic acids is 2. The van der Waals surface area contributed by atoms with Crippen molar-refractivity contribution in [3.05, 3.63) is 58.4 Å². The smallest absolute Gasteiger partial charge is 0.319 e. The zero-order chi connectivity index (χ0) is 21.3. The summed E-state index contributed by atoms with van der Waals surface area (Å²) in [7, 11) is 0. The number of urea groups is 1. The SMILES string of the molecule is O=C(NCc1ccc2c(c1)CN(C1CCC(O)NC1O)C2=O)Nc1ccc(Cl)nc1. The molecule has 158 valence electrons. The van der Waals surface area contributed by atoms with Crippen LogP contribution in [0.4, 0.5) is 10.5 Å². The van der Waals surface area contributed by atoms with Crippen molar-refractivity contribution in [1.82, 2.24) is 20.5 Å². The molecular formula is C20H22ClN5O4. The number of hydrogen-bond acceptors (Lipinski definition) is 6. The number of hydrogen-bond donors (Lipinski definition) is 5. The number of aromatic nitrogens is 1. The highest BCUT2D eigenvalue weighted by atomic mass is 35.5. The summed E-state index contributed by atoms with van der Waals surface area (Å²) in [6.45, 7) is 0.665. The van der Waals surface area contributed by atoms with Crippen molar-refractivity contribution in [2.24, 2.45) is 0 Å². The van der Waals surface area contributed by atoms with Gasteiger partial charge >= 0.3 is 6.03 Å². The second-order valence-electron chi connectivity index (χ2n) is 7.37. The molecular weight excluding hydrogens is 410 g/mol. The molecule has 5 N–H and O–H groups in total. The van der Waals surface area contributed by atoms with Crippen LogP contribution in [0.5, 0.6) is 0 Å². The third kappa shape index (κ3) is 4.39. The van der Waals surface area contributed by atoms with E-state index in [1.54, 1.807) is 29.2 Å². The number of piperidine rings is 1. The molecule has 10 heteroatoms. The summed E-state index contributed by atoms with van der Waals surface area (Å²) >= 11 is 5.72. The molecule has 0 spiro atoms. The van der Waals surface area contributed by atoms with Crippen LogP contribution in [0.15, 0.2) is 36.5 Å². The average Bonchev–Trinajstić information content (AvgIpc) is 3.04. The standard InChI is InChI=1S/C20H22ClN5O4/c21-16-5-2-13(9-22-16)24-20(30)23-8-11-1-3-14-12(7-11)10-26(19(14)29)15-4-6-17(27)25-18(15)28/h1-3,5,7,9,15,17-18,25,27-28H,4,6,8,10H2,(H2,23,24,30). The van der Waals surface area contributed by atoms with Crippen LogP contribution in [0, 0.1) is 0 Å². The predicted molar refractivity (Wildman–Crippen MR) is 110 cm³/mol. The van der Waals surface area contributed by atoms with Crippen LogP contribution in [0.1, 0.15) is 34.3 Å². The van der Waals surface area contributed by atoms with Gasteiger partial charge in [-0.05, 0) is 42.2 Å². The van der Waals surface area contributed by atoms with E-state index in [4.69, 9.17) is 11.6 Å². The van der Waals surface area contributed by atoms with Crippen LogP contribution in [-0.2, 0) is 13.1 Å². The third-order valence-corrected chi connectivity index (χ3v) is 5.53. The Hall–Kier alpha value is -2.72. The molecule has 1 aromatic carbocycles. The number of halogens is 1. The van der Waals surface area contributed by atoms with Crippen molar-refractivity contribution in [1.29, 1.82) is 0 Å². The number of aliphatic hydroxyl groups is 2. The minimum absolute atomic E-state index is 0.139. The minimum atomic E-state index is -0.973. The van der Waals surface area contributed by atoms with Crippen LogP contribution >= 0.6 is 11.6 Å². The lowest BCUT2D eigenvalue weighted by Gasteiger charge is -2.37. The molecule has 9 nitrogen and oxygen atoms in total. The van der Waals surface area contributed by atoms with Crippen LogP contribution < -0.4 is 16.0 Å². The Kier molecular flexibility index (Phi) is 5.87. The van der Waals surface area contributed by atoms with Gasteiger partial charge in [-0.15, -0.1) is 0 Å². The van der Waals surface area contributed by atoms with Crippen LogP contribution in [0.25, 0.3) is 0 Å². The Morgan fingerprint density at radius 1 is 1.27 bits per heavy atom. The van der Waals surface area contributed by atoms with Gasteiger partial charge in [-0.25, -0.2) is 9.78 Å². The maximum absolute atomic E-state index is 12.8. The highest BCUT2D eigenvalue weighted by Crippen LogP contribution is 2.29. The molecule has 2 aliphatic rings. The molecule has 3 heterocycles. The summed E-state index contributed by atoms with van der Waals surface area (Å²) in [5, 5.41) is 28.3. The number of carbonyl (C=O) groups is 2. The molecule has 0 saturated carbocycles. The second-order valence-corrected chi connectivity index (χ2v) is 7.76. The first-order valence-corrected chi connectivity index (χ1v) is 10.00. The van der Waals surface area contributed by atoms with Gasteiger partial charge in [-0.3, -0.25) is 10.1 Å². The molecule has 0 aliphatic carbocycles. The first-order valence-electron chi connectivity index (χ1n) is 9.62. The number of rotatable bonds is 4. The van der Waals surface area contributed by atoms with Gasteiger partial charge in [-0.2, -0.15) is 0 Å². The second kappa shape index (κ2) is 8.57. The molecule has 0 radical (unpaired) electrons. The maximum Gasteiger partial charge on any atom is 0.319 e. The monoisotopic (exact) mass is 431 g/mol. The molecule has 1 saturated heterocycles. The van der Waals surface area contributed by atoms with E-state index in [0.29, 0.717) is 35.8 Å². The van der Waals surface area contributed by atoms with Crippen LogP contribution in [0.3, 0.4) is 0 Å². The van der Waals surface area contributed by atoms with Crippen LogP contribution in [0.2, 0.25) is 5.15 Å². The molecule has 0 bridgehead atoms. The highest BCUT2D eigenvalue weighted by Gasteiger charge is 2.38. The van der Waals surface area contributed by atoms with E-state index in [1.807, 2.05) is 6.07 Å². The van der Waals surface area contributed by atoms with Crippen molar-refractivity contribution < 1.29 is 19.8 Å². The number of nitrogens with one attached hydrogen (secondary N) is 3. The summed E-state index contributed by atoms with van der Waals surface area (Å²) in [4.78, 5) is 30.4. The van der Waals surface area contributed by atoms with Gasteiger partial charge in [0, 0.05) is 18.7 Å². The Bertz CT molecular complexity index is 955.